The van der Waals surface area contributed by atoms with Gasteiger partial charge in [-0.05, 0) is 62.2 Å². The number of ketones is 1. The number of carbonyl (C=O) groups excluding carboxylic acids is 2. The largest absolute Gasteiger partial charge is 0.497 e. The molecule has 0 bridgehead atoms. The number of amides is 1. The molecule has 0 fully saturated rings. The Bertz CT molecular complexity index is 1600. The number of nitrogens with one attached hydrogen (secondary N) is 1. The van der Waals surface area contributed by atoms with Crippen LogP contribution < -0.4 is 14.2 Å². The Balaban J connectivity index is 1.79. The van der Waals surface area contributed by atoms with Gasteiger partial charge < -0.3 is 9.47 Å². The minimum atomic E-state index is -4.46. The minimum Gasteiger partial charge on any atom is -0.497 e. The normalized spacial score (nSPS) is 13.2. The van der Waals surface area contributed by atoms with E-state index in [-0.39, 0.29) is 29.1 Å². The molecular weight excluding hydrogens is 511 g/mol. The van der Waals surface area contributed by atoms with Crippen LogP contribution in [0.4, 0.5) is 4.39 Å². The average molecular weight is 537 g/mol. The van der Waals surface area contributed by atoms with Crippen LogP contribution in [-0.4, -0.2) is 32.2 Å². The topological polar surface area (TPSA) is 112 Å². The third-order valence-corrected chi connectivity index (χ3v) is 7.24. The Kier molecular flexibility index (Phi) is 7.45. The van der Waals surface area contributed by atoms with Crippen molar-refractivity contribution in [3.8, 4) is 28.6 Å². The van der Waals surface area contributed by atoms with E-state index in [0.717, 1.165) is 22.8 Å². The van der Waals surface area contributed by atoms with Crippen LogP contribution in [0.2, 0.25) is 0 Å². The molecule has 1 aromatic heterocycles. The molecule has 196 valence electrons. The number of halogens is 1. The fourth-order valence-electron chi connectivity index (χ4n) is 4.09. The number of Topliss-reactive ketones (excluding diaryl/α,β-unsaturated/α-hetero) is 1. The highest BCUT2D eigenvalue weighted by Crippen LogP contribution is 2.33. The summed E-state index contributed by atoms with van der Waals surface area (Å²) in [4.78, 5) is 29.2. The number of hydrogen-bond acceptors (Lipinski definition) is 7. The van der Waals surface area contributed by atoms with Crippen molar-refractivity contribution in [2.75, 3.05) is 7.11 Å². The van der Waals surface area contributed by atoms with Crippen LogP contribution in [-0.2, 0) is 14.8 Å². The number of carbonyl (C=O) groups is 2. The summed E-state index contributed by atoms with van der Waals surface area (Å²) >= 11 is 0. The Labute approximate surface area is 219 Å². The first-order chi connectivity index (χ1) is 18.0. The van der Waals surface area contributed by atoms with E-state index in [2.05, 4.69) is 4.98 Å². The number of aryl methyl sites for hydroxylation is 3. The van der Waals surface area contributed by atoms with E-state index in [1.165, 1.54) is 43.5 Å². The maximum Gasteiger partial charge on any atom is 0.270 e. The third-order valence-electron chi connectivity index (χ3n) is 5.84. The lowest BCUT2D eigenvalue weighted by molar-refractivity contribution is -0.114. The summed E-state index contributed by atoms with van der Waals surface area (Å²) in [5.41, 5.74) is 2.57. The van der Waals surface area contributed by atoms with Crippen LogP contribution in [0, 0.1) is 26.6 Å². The molecule has 3 aromatic rings. The molecule has 2 aromatic carbocycles. The van der Waals surface area contributed by atoms with Crippen molar-refractivity contribution in [1.29, 1.82) is 0 Å². The van der Waals surface area contributed by atoms with Crippen molar-refractivity contribution >= 4 is 21.7 Å². The maximum absolute atomic E-state index is 14.8. The number of pyridine rings is 1. The van der Waals surface area contributed by atoms with E-state index in [0.29, 0.717) is 11.5 Å². The fourth-order valence-corrected chi connectivity index (χ4v) is 5.20. The zero-order valence-corrected chi connectivity index (χ0v) is 22.0. The maximum atomic E-state index is 14.8. The molecule has 0 aliphatic heterocycles. The summed E-state index contributed by atoms with van der Waals surface area (Å²) in [6.45, 7) is 5.57. The van der Waals surface area contributed by atoms with Gasteiger partial charge in [0.1, 0.15) is 27.8 Å². The Morgan fingerprint density at radius 2 is 1.76 bits per heavy atom. The number of rotatable bonds is 7. The second kappa shape index (κ2) is 10.6. The number of aromatic nitrogens is 1. The quantitative estimate of drug-likeness (QED) is 0.448. The summed E-state index contributed by atoms with van der Waals surface area (Å²) in [6.07, 6.45) is 3.98. The smallest absolute Gasteiger partial charge is 0.270 e. The predicted octanol–water partition coefficient (Wildman–Crippen LogP) is 5.09. The van der Waals surface area contributed by atoms with Gasteiger partial charge in [-0.2, -0.15) is 0 Å². The first-order valence-corrected chi connectivity index (χ1v) is 13.1. The van der Waals surface area contributed by atoms with E-state index in [1.807, 2.05) is 37.6 Å². The van der Waals surface area contributed by atoms with Crippen LogP contribution in [0.1, 0.15) is 33.5 Å². The first-order valence-electron chi connectivity index (χ1n) is 11.6. The number of sulfonamides is 1. The van der Waals surface area contributed by atoms with Gasteiger partial charge in [-0.3, -0.25) is 9.59 Å². The summed E-state index contributed by atoms with van der Waals surface area (Å²) in [5, 5.41) is 0. The molecule has 1 N–H and O–H groups in total. The van der Waals surface area contributed by atoms with Gasteiger partial charge >= 0.3 is 0 Å². The molecule has 1 amide bonds. The second-order valence-corrected chi connectivity index (χ2v) is 10.4. The molecule has 0 saturated carbocycles. The van der Waals surface area contributed by atoms with E-state index in [4.69, 9.17) is 9.47 Å². The van der Waals surface area contributed by atoms with Gasteiger partial charge in [-0.1, -0.05) is 29.8 Å². The zero-order valence-electron chi connectivity index (χ0n) is 21.2. The lowest BCUT2D eigenvalue weighted by Gasteiger charge is -2.16. The number of methoxy groups -OCH3 is 1. The average Bonchev–Trinajstić information content (AvgIpc) is 2.85. The van der Waals surface area contributed by atoms with Crippen LogP contribution in [0.3, 0.4) is 0 Å². The monoisotopic (exact) mass is 536 g/mol. The summed E-state index contributed by atoms with van der Waals surface area (Å²) < 4.78 is 53.5. The van der Waals surface area contributed by atoms with Crippen LogP contribution in [0.25, 0.3) is 11.3 Å². The van der Waals surface area contributed by atoms with Crippen molar-refractivity contribution in [3.05, 3.63) is 93.7 Å². The van der Waals surface area contributed by atoms with E-state index < -0.39 is 32.4 Å². The first kappa shape index (κ1) is 26.7. The number of nitrogens with zero attached hydrogens (tertiary/aromatic N) is 1. The molecule has 8 nitrogen and oxygen atoms in total. The van der Waals surface area contributed by atoms with Crippen molar-refractivity contribution in [2.24, 2.45) is 0 Å². The second-order valence-electron chi connectivity index (χ2n) is 8.75. The van der Waals surface area contributed by atoms with E-state index in [9.17, 15) is 22.4 Å². The highest BCUT2D eigenvalue weighted by molar-refractivity contribution is 7.95. The van der Waals surface area contributed by atoms with Crippen molar-refractivity contribution < 1.29 is 31.9 Å². The zero-order chi connectivity index (χ0) is 27.6. The number of ether oxygens (including phenoxy) is 2. The van der Waals surface area contributed by atoms with Gasteiger partial charge in [0.05, 0.1) is 12.8 Å². The molecule has 0 unspecified atom stereocenters. The van der Waals surface area contributed by atoms with Gasteiger partial charge in [0, 0.05) is 18.1 Å². The third kappa shape index (κ3) is 5.50. The van der Waals surface area contributed by atoms with Gasteiger partial charge in [0.15, 0.2) is 5.78 Å². The lowest BCUT2D eigenvalue weighted by Crippen LogP contribution is -2.34. The molecule has 1 aliphatic carbocycles. The highest BCUT2D eigenvalue weighted by Gasteiger charge is 2.29. The minimum absolute atomic E-state index is 0.0923. The lowest BCUT2D eigenvalue weighted by atomic mass is 10.1. The molecule has 0 saturated heterocycles. The number of benzene rings is 2. The summed E-state index contributed by atoms with van der Waals surface area (Å²) in [6, 6.07) is 10.7. The molecule has 4 rings (SSSR count). The molecular formula is C28H25FN2O6S. The van der Waals surface area contributed by atoms with Gasteiger partial charge in [0.2, 0.25) is 5.88 Å². The number of hydrogen-bond donors (Lipinski definition) is 1. The SMILES string of the molecule is COc1ccc(-c2ccc(C(=O)NS(=O)(=O)C3=CC=CCC3=O)c(Oc3c(C)cc(C)cc3C)n2)c(F)c1. The van der Waals surface area contributed by atoms with E-state index >= 15 is 0 Å². The highest BCUT2D eigenvalue weighted by atomic mass is 32.2. The van der Waals surface area contributed by atoms with Gasteiger partial charge in [-0.25, -0.2) is 22.5 Å². The summed E-state index contributed by atoms with van der Waals surface area (Å²) in [7, 11) is -3.05. The number of allylic oxidation sites excluding steroid dienone is 4. The molecule has 0 spiro atoms. The molecule has 1 heterocycles. The van der Waals surface area contributed by atoms with E-state index in [1.54, 1.807) is 6.07 Å². The summed E-state index contributed by atoms with van der Waals surface area (Å²) in [5.74, 6) is -1.80. The predicted molar refractivity (Wildman–Crippen MR) is 140 cm³/mol. The Morgan fingerprint density at radius 1 is 1.05 bits per heavy atom. The van der Waals surface area contributed by atoms with Crippen molar-refractivity contribution in [2.45, 2.75) is 27.2 Å². The molecule has 10 heteroatoms. The molecule has 0 atom stereocenters. The van der Waals surface area contributed by atoms with Gasteiger partial charge in [-0.15, -0.1) is 0 Å². The van der Waals surface area contributed by atoms with Crippen LogP contribution >= 0.6 is 0 Å². The van der Waals surface area contributed by atoms with Crippen molar-refractivity contribution in [1.82, 2.24) is 9.71 Å². The molecule has 0 radical (unpaired) electrons. The fraction of sp³-hybridized carbons (Fsp3) is 0.179. The van der Waals surface area contributed by atoms with Gasteiger partial charge in [0.25, 0.3) is 15.9 Å². The van der Waals surface area contributed by atoms with Crippen molar-refractivity contribution in [3.63, 3.8) is 0 Å². The Morgan fingerprint density at radius 3 is 2.39 bits per heavy atom. The molecule has 1 aliphatic rings. The van der Waals surface area contributed by atoms with Crippen LogP contribution in [0.5, 0.6) is 17.4 Å². The molecule has 38 heavy (non-hydrogen) atoms. The van der Waals surface area contributed by atoms with Crippen LogP contribution in [0.15, 0.2) is 65.6 Å². The standard InChI is InChI=1S/C28H25FN2O6S/c1-16-13-17(2)26(18(3)14-16)37-28-21(27(33)31-38(34,35)25-8-6-5-7-24(25)32)11-12-23(30-28)20-10-9-19(36-4)15-22(20)29/h5-6,8-15H,7H2,1-4H3,(H,31,33). The Hall–Kier alpha value is -4.31.